The third-order valence-corrected chi connectivity index (χ3v) is 4.36. The number of hydrogen-bond donors (Lipinski definition) is 1. The highest BCUT2D eigenvalue weighted by Crippen LogP contribution is 2.28. The summed E-state index contributed by atoms with van der Waals surface area (Å²) < 4.78 is 29.5. The molecule has 150 valence electrons. The van der Waals surface area contributed by atoms with Gasteiger partial charge in [0, 0.05) is 17.7 Å². The molecule has 5 nitrogen and oxygen atoms in total. The van der Waals surface area contributed by atoms with Crippen LogP contribution in [0.4, 0.5) is 4.39 Å². The molecule has 1 N–H and O–H groups in total. The van der Waals surface area contributed by atoms with Crippen LogP contribution in [-0.4, -0.2) is 20.1 Å². The van der Waals surface area contributed by atoms with Crippen LogP contribution in [0.2, 0.25) is 0 Å². The standard InChI is InChI=1S/C23H22FNO4/c1-27-20-12-9-17(23(26)25-14-16-7-10-19(24)11-8-16)13-18(20)15-29-22-6-4-3-5-21(22)28-2/h3-13H,14-15H2,1-2H3,(H,25,26). The van der Waals surface area contributed by atoms with Crippen LogP contribution in [-0.2, 0) is 13.2 Å². The summed E-state index contributed by atoms with van der Waals surface area (Å²) in [5.41, 5.74) is 2.02. The first-order chi connectivity index (χ1) is 14.1. The molecule has 6 heteroatoms. The summed E-state index contributed by atoms with van der Waals surface area (Å²) in [5.74, 6) is 1.29. The fourth-order valence-electron chi connectivity index (χ4n) is 2.81. The number of hydrogen-bond acceptors (Lipinski definition) is 4. The van der Waals surface area contributed by atoms with Crippen LogP contribution in [0, 0.1) is 5.82 Å². The summed E-state index contributed by atoms with van der Waals surface area (Å²) in [6, 6.07) is 18.5. The smallest absolute Gasteiger partial charge is 0.251 e. The van der Waals surface area contributed by atoms with Gasteiger partial charge in [-0.05, 0) is 48.0 Å². The number of carbonyl (C=O) groups excluding carboxylic acids is 1. The quantitative estimate of drug-likeness (QED) is 0.616. The van der Waals surface area contributed by atoms with Crippen LogP contribution < -0.4 is 19.5 Å². The first kappa shape index (κ1) is 20.2. The number of halogens is 1. The summed E-state index contributed by atoms with van der Waals surface area (Å²) in [7, 11) is 3.14. The molecule has 3 aromatic rings. The first-order valence-corrected chi connectivity index (χ1v) is 9.06. The topological polar surface area (TPSA) is 56.8 Å². The maximum absolute atomic E-state index is 13.0. The summed E-state index contributed by atoms with van der Waals surface area (Å²) in [6.45, 7) is 0.515. The monoisotopic (exact) mass is 395 g/mol. The number of ether oxygens (including phenoxy) is 3. The highest BCUT2D eigenvalue weighted by Gasteiger charge is 2.12. The van der Waals surface area contributed by atoms with Crippen molar-refractivity contribution >= 4 is 5.91 Å². The van der Waals surface area contributed by atoms with Gasteiger partial charge in [0.05, 0.1) is 14.2 Å². The molecular weight excluding hydrogens is 373 g/mol. The van der Waals surface area contributed by atoms with Gasteiger partial charge in [0.2, 0.25) is 0 Å². The molecule has 0 saturated heterocycles. The molecule has 0 saturated carbocycles. The molecular formula is C23H22FNO4. The molecule has 0 spiro atoms. The molecule has 3 rings (SSSR count). The Morgan fingerprint density at radius 1 is 0.897 bits per heavy atom. The maximum atomic E-state index is 13.0. The van der Waals surface area contributed by atoms with E-state index in [2.05, 4.69) is 5.32 Å². The number of methoxy groups -OCH3 is 2. The van der Waals surface area contributed by atoms with Crippen molar-refractivity contribution in [3.05, 3.63) is 89.2 Å². The van der Waals surface area contributed by atoms with E-state index in [0.29, 0.717) is 29.4 Å². The summed E-state index contributed by atoms with van der Waals surface area (Å²) in [6.07, 6.45) is 0. The Morgan fingerprint density at radius 2 is 1.59 bits per heavy atom. The van der Waals surface area contributed by atoms with Crippen molar-refractivity contribution in [2.45, 2.75) is 13.2 Å². The lowest BCUT2D eigenvalue weighted by Crippen LogP contribution is -2.23. The second-order valence-electron chi connectivity index (χ2n) is 6.28. The van der Waals surface area contributed by atoms with Gasteiger partial charge in [0.15, 0.2) is 11.5 Å². The lowest BCUT2D eigenvalue weighted by molar-refractivity contribution is 0.0950. The van der Waals surface area contributed by atoms with Crippen molar-refractivity contribution in [3.63, 3.8) is 0 Å². The van der Waals surface area contributed by atoms with Crippen molar-refractivity contribution in [1.29, 1.82) is 0 Å². The van der Waals surface area contributed by atoms with Crippen LogP contribution >= 0.6 is 0 Å². The number of rotatable bonds is 8. The Kier molecular flexibility index (Phi) is 6.68. The van der Waals surface area contributed by atoms with Gasteiger partial charge in [-0.25, -0.2) is 4.39 Å². The highest BCUT2D eigenvalue weighted by atomic mass is 19.1. The molecule has 0 bridgehead atoms. The zero-order chi connectivity index (χ0) is 20.6. The average Bonchev–Trinajstić information content (AvgIpc) is 2.77. The van der Waals surface area contributed by atoms with Gasteiger partial charge >= 0.3 is 0 Å². The minimum Gasteiger partial charge on any atom is -0.496 e. The normalized spacial score (nSPS) is 10.3. The highest BCUT2D eigenvalue weighted by molar-refractivity contribution is 5.94. The van der Waals surface area contributed by atoms with Gasteiger partial charge in [-0.2, -0.15) is 0 Å². The number of para-hydroxylation sites is 2. The lowest BCUT2D eigenvalue weighted by Gasteiger charge is -2.14. The van der Waals surface area contributed by atoms with Gasteiger partial charge in [0.25, 0.3) is 5.91 Å². The largest absolute Gasteiger partial charge is 0.496 e. The third-order valence-electron chi connectivity index (χ3n) is 4.36. The second-order valence-corrected chi connectivity index (χ2v) is 6.28. The van der Waals surface area contributed by atoms with Crippen molar-refractivity contribution < 1.29 is 23.4 Å². The van der Waals surface area contributed by atoms with Gasteiger partial charge in [0.1, 0.15) is 18.2 Å². The first-order valence-electron chi connectivity index (χ1n) is 9.06. The number of amides is 1. The summed E-state index contributed by atoms with van der Waals surface area (Å²) in [5, 5.41) is 2.83. The van der Waals surface area contributed by atoms with Crippen LogP contribution in [0.3, 0.4) is 0 Å². The second kappa shape index (κ2) is 9.59. The maximum Gasteiger partial charge on any atom is 0.251 e. The molecule has 0 fully saturated rings. The van der Waals surface area contributed by atoms with E-state index in [0.717, 1.165) is 11.1 Å². The van der Waals surface area contributed by atoms with Gasteiger partial charge in [-0.3, -0.25) is 4.79 Å². The van der Waals surface area contributed by atoms with Crippen LogP contribution in [0.15, 0.2) is 66.7 Å². The van der Waals surface area contributed by atoms with E-state index in [4.69, 9.17) is 14.2 Å². The average molecular weight is 395 g/mol. The number of benzene rings is 3. The molecule has 0 aliphatic carbocycles. The summed E-state index contributed by atoms with van der Waals surface area (Å²) >= 11 is 0. The Morgan fingerprint density at radius 3 is 2.28 bits per heavy atom. The molecule has 0 unspecified atom stereocenters. The fraction of sp³-hybridized carbons (Fsp3) is 0.174. The fourth-order valence-corrected chi connectivity index (χ4v) is 2.81. The van der Waals surface area contributed by atoms with Crippen molar-refractivity contribution in [2.24, 2.45) is 0 Å². The number of nitrogens with one attached hydrogen (secondary N) is 1. The summed E-state index contributed by atoms with van der Waals surface area (Å²) in [4.78, 5) is 12.5. The Bertz CT molecular complexity index is 973. The van der Waals surface area contributed by atoms with Crippen LogP contribution in [0.25, 0.3) is 0 Å². The van der Waals surface area contributed by atoms with Gasteiger partial charge < -0.3 is 19.5 Å². The molecule has 0 aromatic heterocycles. The molecule has 1 amide bonds. The Labute approximate surface area is 169 Å². The lowest BCUT2D eigenvalue weighted by atomic mass is 10.1. The van der Waals surface area contributed by atoms with Gasteiger partial charge in [-0.1, -0.05) is 24.3 Å². The minimum absolute atomic E-state index is 0.211. The Hall–Kier alpha value is -3.54. The van der Waals surface area contributed by atoms with Crippen LogP contribution in [0.5, 0.6) is 17.2 Å². The molecule has 0 heterocycles. The molecule has 3 aromatic carbocycles. The van der Waals surface area contributed by atoms with E-state index in [1.165, 1.54) is 12.1 Å². The van der Waals surface area contributed by atoms with Crippen molar-refractivity contribution in [1.82, 2.24) is 5.32 Å². The van der Waals surface area contributed by atoms with E-state index in [9.17, 15) is 9.18 Å². The predicted molar refractivity (Wildman–Crippen MR) is 108 cm³/mol. The molecule has 29 heavy (non-hydrogen) atoms. The zero-order valence-electron chi connectivity index (χ0n) is 16.3. The molecule has 0 radical (unpaired) electrons. The van der Waals surface area contributed by atoms with Crippen molar-refractivity contribution in [2.75, 3.05) is 14.2 Å². The zero-order valence-corrected chi connectivity index (χ0v) is 16.3. The van der Waals surface area contributed by atoms with Crippen molar-refractivity contribution in [3.8, 4) is 17.2 Å². The predicted octanol–water partition coefficient (Wildman–Crippen LogP) is 4.35. The minimum atomic E-state index is -0.310. The number of carbonyl (C=O) groups is 1. The molecule has 0 aliphatic heterocycles. The Balaban J connectivity index is 1.70. The van der Waals surface area contributed by atoms with Gasteiger partial charge in [-0.15, -0.1) is 0 Å². The molecule has 0 aliphatic rings. The third kappa shape index (κ3) is 5.25. The van der Waals surface area contributed by atoms with E-state index in [1.54, 1.807) is 44.6 Å². The van der Waals surface area contributed by atoms with E-state index < -0.39 is 0 Å². The van der Waals surface area contributed by atoms with E-state index >= 15 is 0 Å². The van der Waals surface area contributed by atoms with Crippen LogP contribution in [0.1, 0.15) is 21.5 Å². The SMILES string of the molecule is COc1ccc(C(=O)NCc2ccc(F)cc2)cc1COc1ccccc1OC. The van der Waals surface area contributed by atoms with E-state index in [-0.39, 0.29) is 18.3 Å². The molecule has 0 atom stereocenters. The van der Waals surface area contributed by atoms with E-state index in [1.807, 2.05) is 24.3 Å².